The lowest BCUT2D eigenvalue weighted by Gasteiger charge is -2.14. The predicted molar refractivity (Wildman–Crippen MR) is 133 cm³/mol. The van der Waals surface area contributed by atoms with E-state index in [-0.39, 0.29) is 24.0 Å². The molecule has 7 heteroatoms. The van der Waals surface area contributed by atoms with Gasteiger partial charge in [0.05, 0.1) is 14.2 Å². The Kier molecular flexibility index (Phi) is 11.3. The van der Waals surface area contributed by atoms with Gasteiger partial charge in [-0.2, -0.15) is 0 Å². The zero-order valence-electron chi connectivity index (χ0n) is 18.0. The number of benzene rings is 2. The first-order valence-electron chi connectivity index (χ1n) is 9.49. The second-order valence-corrected chi connectivity index (χ2v) is 6.68. The number of halogens is 1. The summed E-state index contributed by atoms with van der Waals surface area (Å²) in [7, 11) is 9.19. The van der Waals surface area contributed by atoms with Crippen LogP contribution in [0.5, 0.6) is 11.5 Å². The van der Waals surface area contributed by atoms with Crippen LogP contribution in [0.25, 0.3) is 0 Å². The fraction of sp³-hybridized carbons (Fsp3) is 0.409. The van der Waals surface area contributed by atoms with Gasteiger partial charge in [-0.05, 0) is 48.2 Å². The van der Waals surface area contributed by atoms with Crippen LogP contribution in [0.15, 0.2) is 47.5 Å². The van der Waals surface area contributed by atoms with Gasteiger partial charge in [0.25, 0.3) is 0 Å². The highest BCUT2D eigenvalue weighted by Crippen LogP contribution is 2.27. The molecule has 0 saturated heterocycles. The highest BCUT2D eigenvalue weighted by molar-refractivity contribution is 14.0. The Hall–Kier alpha value is -2.16. The van der Waals surface area contributed by atoms with Crippen molar-refractivity contribution in [2.24, 2.45) is 4.99 Å². The van der Waals surface area contributed by atoms with Gasteiger partial charge in [-0.1, -0.05) is 18.2 Å². The van der Waals surface area contributed by atoms with E-state index in [9.17, 15) is 0 Å². The molecule has 0 aromatic heterocycles. The van der Waals surface area contributed by atoms with Crippen LogP contribution in [0.4, 0.5) is 5.69 Å². The molecule has 0 saturated carbocycles. The van der Waals surface area contributed by atoms with E-state index in [4.69, 9.17) is 9.47 Å². The van der Waals surface area contributed by atoms with Crippen LogP contribution in [0.3, 0.4) is 0 Å². The topological polar surface area (TPSA) is 58.1 Å². The van der Waals surface area contributed by atoms with Gasteiger partial charge in [-0.25, -0.2) is 0 Å². The van der Waals surface area contributed by atoms with Crippen molar-refractivity contribution in [3.63, 3.8) is 0 Å². The number of nitrogens with zero attached hydrogens (tertiary/aromatic N) is 2. The van der Waals surface area contributed by atoms with Gasteiger partial charge in [0.15, 0.2) is 17.5 Å². The lowest BCUT2D eigenvalue weighted by atomic mass is 10.1. The van der Waals surface area contributed by atoms with Crippen molar-refractivity contribution in [2.75, 3.05) is 53.4 Å². The highest BCUT2D eigenvalue weighted by Gasteiger charge is 2.05. The minimum atomic E-state index is 0. The van der Waals surface area contributed by atoms with Crippen molar-refractivity contribution in [1.29, 1.82) is 0 Å². The van der Waals surface area contributed by atoms with Gasteiger partial charge < -0.3 is 25.0 Å². The summed E-state index contributed by atoms with van der Waals surface area (Å²) in [6.45, 7) is 1.62. The van der Waals surface area contributed by atoms with Crippen molar-refractivity contribution in [3.05, 3.63) is 53.6 Å². The van der Waals surface area contributed by atoms with E-state index in [1.165, 1.54) is 16.8 Å². The molecule has 29 heavy (non-hydrogen) atoms. The molecule has 0 bridgehead atoms. The summed E-state index contributed by atoms with van der Waals surface area (Å²) in [5.74, 6) is 2.31. The molecule has 0 amide bonds. The third-order valence-corrected chi connectivity index (χ3v) is 4.54. The Balaban J connectivity index is 0.00000420. The molecule has 0 spiro atoms. The Morgan fingerprint density at radius 1 is 0.862 bits per heavy atom. The van der Waals surface area contributed by atoms with Gasteiger partial charge in [-0.15, -0.1) is 24.0 Å². The number of hydrogen-bond acceptors (Lipinski definition) is 4. The van der Waals surface area contributed by atoms with Crippen LogP contribution in [0.2, 0.25) is 0 Å². The van der Waals surface area contributed by atoms with Crippen molar-refractivity contribution in [2.45, 2.75) is 12.8 Å². The van der Waals surface area contributed by atoms with E-state index in [1.807, 2.05) is 26.2 Å². The van der Waals surface area contributed by atoms with Gasteiger partial charge in [0.2, 0.25) is 0 Å². The number of rotatable bonds is 9. The summed E-state index contributed by atoms with van der Waals surface area (Å²) < 4.78 is 10.6. The monoisotopic (exact) mass is 512 g/mol. The van der Waals surface area contributed by atoms with Crippen molar-refractivity contribution >= 4 is 35.6 Å². The van der Waals surface area contributed by atoms with E-state index < -0.39 is 0 Å². The number of hydrogen-bond donors (Lipinski definition) is 2. The molecule has 0 fully saturated rings. The summed E-state index contributed by atoms with van der Waals surface area (Å²) in [5, 5.41) is 6.72. The van der Waals surface area contributed by atoms with E-state index in [0.717, 1.165) is 43.4 Å². The van der Waals surface area contributed by atoms with E-state index >= 15 is 0 Å². The SMILES string of the molecule is CN=C(NCCc1ccc(N(C)C)cc1)NCCc1ccc(OC)c(OC)c1.I. The summed E-state index contributed by atoms with van der Waals surface area (Å²) >= 11 is 0. The molecule has 0 heterocycles. The van der Waals surface area contributed by atoms with Crippen molar-refractivity contribution < 1.29 is 9.47 Å². The average molecular weight is 512 g/mol. The Morgan fingerprint density at radius 2 is 1.41 bits per heavy atom. The lowest BCUT2D eigenvalue weighted by Crippen LogP contribution is -2.39. The van der Waals surface area contributed by atoms with Crippen molar-refractivity contribution in [3.8, 4) is 11.5 Å². The molecule has 0 aliphatic rings. The predicted octanol–water partition coefficient (Wildman–Crippen LogP) is 3.34. The minimum absolute atomic E-state index is 0. The van der Waals surface area contributed by atoms with E-state index in [1.54, 1.807) is 21.3 Å². The van der Waals surface area contributed by atoms with Crippen LogP contribution in [0, 0.1) is 0 Å². The average Bonchev–Trinajstić information content (AvgIpc) is 2.72. The van der Waals surface area contributed by atoms with Crippen molar-refractivity contribution in [1.82, 2.24) is 10.6 Å². The zero-order valence-corrected chi connectivity index (χ0v) is 20.3. The Bertz CT molecular complexity index is 764. The molecule has 0 radical (unpaired) electrons. The van der Waals surface area contributed by atoms with Crippen LogP contribution >= 0.6 is 24.0 Å². The molecular weight excluding hydrogens is 479 g/mol. The molecule has 6 nitrogen and oxygen atoms in total. The first-order valence-corrected chi connectivity index (χ1v) is 9.49. The van der Waals surface area contributed by atoms with Gasteiger partial charge in [0.1, 0.15) is 0 Å². The molecule has 0 aliphatic carbocycles. The molecular formula is C22H33IN4O2. The minimum Gasteiger partial charge on any atom is -0.493 e. The molecule has 0 unspecified atom stereocenters. The summed E-state index contributed by atoms with van der Waals surface area (Å²) in [5.41, 5.74) is 3.70. The molecule has 2 rings (SSSR count). The lowest BCUT2D eigenvalue weighted by molar-refractivity contribution is 0.354. The number of anilines is 1. The standard InChI is InChI=1S/C22H32N4O2.HI/c1-23-22(24-14-12-17-6-9-19(10-7-17)26(2)3)25-15-13-18-8-11-20(27-4)21(16-18)28-5;/h6-11,16H,12-15H2,1-5H3,(H2,23,24,25);1H. The third-order valence-electron chi connectivity index (χ3n) is 4.54. The summed E-state index contributed by atoms with van der Waals surface area (Å²) in [6, 6.07) is 14.6. The zero-order chi connectivity index (χ0) is 20.4. The molecule has 160 valence electrons. The normalized spacial score (nSPS) is 10.7. The third kappa shape index (κ3) is 8.00. The summed E-state index contributed by atoms with van der Waals surface area (Å²) in [4.78, 5) is 6.40. The van der Waals surface area contributed by atoms with Crippen LogP contribution in [-0.2, 0) is 12.8 Å². The highest BCUT2D eigenvalue weighted by atomic mass is 127. The van der Waals surface area contributed by atoms with Crippen LogP contribution < -0.4 is 25.0 Å². The Labute approximate surface area is 191 Å². The molecule has 0 aliphatic heterocycles. The quantitative estimate of drug-likeness (QED) is 0.307. The number of methoxy groups -OCH3 is 2. The number of nitrogens with one attached hydrogen (secondary N) is 2. The number of ether oxygens (including phenoxy) is 2. The fourth-order valence-electron chi connectivity index (χ4n) is 2.87. The number of guanidine groups is 1. The largest absolute Gasteiger partial charge is 0.493 e. The molecule has 2 aromatic carbocycles. The first kappa shape index (κ1) is 24.9. The fourth-order valence-corrected chi connectivity index (χ4v) is 2.87. The number of aliphatic imine (C=N–C) groups is 1. The molecule has 2 N–H and O–H groups in total. The maximum Gasteiger partial charge on any atom is 0.190 e. The maximum absolute atomic E-state index is 5.36. The first-order chi connectivity index (χ1) is 13.6. The van der Waals surface area contributed by atoms with Gasteiger partial charge in [-0.3, -0.25) is 4.99 Å². The Morgan fingerprint density at radius 3 is 1.93 bits per heavy atom. The van der Waals surface area contributed by atoms with E-state index in [0.29, 0.717) is 0 Å². The second kappa shape index (κ2) is 13.1. The van der Waals surface area contributed by atoms with E-state index in [2.05, 4.69) is 50.9 Å². The summed E-state index contributed by atoms with van der Waals surface area (Å²) in [6.07, 6.45) is 1.82. The molecule has 2 aromatic rings. The van der Waals surface area contributed by atoms with Gasteiger partial charge in [0, 0.05) is 39.9 Å². The van der Waals surface area contributed by atoms with Gasteiger partial charge >= 0.3 is 0 Å². The van der Waals surface area contributed by atoms with Crippen LogP contribution in [-0.4, -0.2) is 54.4 Å². The second-order valence-electron chi connectivity index (χ2n) is 6.68. The molecule has 0 atom stereocenters. The maximum atomic E-state index is 5.36. The smallest absolute Gasteiger partial charge is 0.190 e. The van der Waals surface area contributed by atoms with Crippen LogP contribution in [0.1, 0.15) is 11.1 Å².